The molecule has 1 aromatic carbocycles. The lowest BCUT2D eigenvalue weighted by Gasteiger charge is -2.38. The standard InChI is InChI=1S/C27H27FN10O2/c1-40-23-5-2-15(10-19(23)28)20-6-7-36(14-31-20)22-12-33-38-24(29)11-21(34-26(22)38)16-8-17-3-4-18(9-16)37(17)27(39)25-30-13-32-35-25/h2,5-7,10-13,16-18H,3-4,8-9,14,29H2,1H3,(H,30,32,35)/t16?,17-,18+. The Morgan fingerprint density at radius 3 is 2.70 bits per heavy atom. The number of nitrogen functional groups attached to an aromatic ring is 1. The fourth-order valence-corrected chi connectivity index (χ4v) is 6.17. The highest BCUT2D eigenvalue weighted by Crippen LogP contribution is 2.43. The Bertz CT molecular complexity index is 1650. The van der Waals surface area contributed by atoms with Gasteiger partial charge in [0.25, 0.3) is 5.91 Å². The Morgan fingerprint density at radius 2 is 2.02 bits per heavy atom. The van der Waals surface area contributed by atoms with Crippen LogP contribution in [0.2, 0.25) is 0 Å². The summed E-state index contributed by atoms with van der Waals surface area (Å²) in [6.07, 6.45) is 10.3. The summed E-state index contributed by atoms with van der Waals surface area (Å²) in [7, 11) is 1.44. The summed E-state index contributed by atoms with van der Waals surface area (Å²) in [4.78, 5) is 30.7. The van der Waals surface area contributed by atoms with Gasteiger partial charge >= 0.3 is 0 Å². The number of aromatic nitrogens is 6. The van der Waals surface area contributed by atoms with Gasteiger partial charge in [0, 0.05) is 41.5 Å². The summed E-state index contributed by atoms with van der Waals surface area (Å²) < 4.78 is 20.9. The Hall–Kier alpha value is -4.81. The number of H-pyrrole nitrogens is 1. The fourth-order valence-electron chi connectivity index (χ4n) is 6.17. The van der Waals surface area contributed by atoms with Crippen molar-refractivity contribution in [1.82, 2.24) is 34.7 Å². The molecule has 2 fully saturated rings. The van der Waals surface area contributed by atoms with Gasteiger partial charge in [-0.1, -0.05) is 0 Å². The second kappa shape index (κ2) is 9.43. The van der Waals surface area contributed by atoms with Gasteiger partial charge in [0.2, 0.25) is 5.82 Å². The van der Waals surface area contributed by atoms with Crippen molar-refractivity contribution in [3.8, 4) is 5.75 Å². The van der Waals surface area contributed by atoms with Gasteiger partial charge in [-0.15, -0.1) is 0 Å². The lowest BCUT2D eigenvalue weighted by atomic mass is 9.87. The van der Waals surface area contributed by atoms with Crippen molar-refractivity contribution in [2.45, 2.75) is 43.7 Å². The zero-order chi connectivity index (χ0) is 27.4. The lowest BCUT2D eigenvalue weighted by molar-refractivity contribution is 0.0557. The highest BCUT2D eigenvalue weighted by Gasteiger charge is 2.45. The average Bonchev–Trinajstić information content (AvgIpc) is 3.71. The minimum Gasteiger partial charge on any atom is -0.494 e. The van der Waals surface area contributed by atoms with Crippen molar-refractivity contribution in [3.63, 3.8) is 0 Å². The van der Waals surface area contributed by atoms with E-state index in [1.54, 1.807) is 22.8 Å². The van der Waals surface area contributed by atoms with Crippen LogP contribution in [0.5, 0.6) is 5.75 Å². The molecule has 3 N–H and O–H groups in total. The highest BCUT2D eigenvalue weighted by molar-refractivity contribution is 6.09. The third-order valence-electron chi connectivity index (χ3n) is 8.07. The number of hydrogen-bond donors (Lipinski definition) is 2. The lowest BCUT2D eigenvalue weighted by Crippen LogP contribution is -2.46. The molecule has 12 nitrogen and oxygen atoms in total. The third kappa shape index (κ3) is 3.96. The van der Waals surface area contributed by atoms with E-state index in [1.165, 1.54) is 19.5 Å². The van der Waals surface area contributed by atoms with Gasteiger partial charge in [-0.25, -0.2) is 14.4 Å². The van der Waals surface area contributed by atoms with Crippen LogP contribution in [0.1, 0.15) is 53.5 Å². The summed E-state index contributed by atoms with van der Waals surface area (Å²) in [6.45, 7) is 0.318. The van der Waals surface area contributed by atoms with E-state index >= 15 is 0 Å². The first kappa shape index (κ1) is 24.2. The van der Waals surface area contributed by atoms with E-state index in [9.17, 15) is 9.18 Å². The number of piperidine rings is 1. The molecule has 3 aliphatic rings. The molecule has 0 radical (unpaired) electrons. The molecule has 7 rings (SSSR count). The van der Waals surface area contributed by atoms with E-state index in [0.717, 1.165) is 37.1 Å². The number of ether oxygens (including phenoxy) is 1. The molecular weight excluding hydrogens is 515 g/mol. The summed E-state index contributed by atoms with van der Waals surface area (Å²) >= 11 is 0. The SMILES string of the molecule is COc1ccc(C2=NCN(c3cnn4c(N)cc(C5C[C@H]6CC[C@@H](C5)N6C(=O)c5ncn[nH]5)nc34)C=C2)cc1F. The van der Waals surface area contributed by atoms with Crippen molar-refractivity contribution < 1.29 is 13.9 Å². The van der Waals surface area contributed by atoms with Gasteiger partial charge in [0.05, 0.1) is 19.0 Å². The largest absolute Gasteiger partial charge is 0.494 e. The number of benzene rings is 1. The van der Waals surface area contributed by atoms with E-state index in [-0.39, 0.29) is 35.5 Å². The zero-order valence-electron chi connectivity index (χ0n) is 21.7. The first-order valence-electron chi connectivity index (χ1n) is 13.2. The van der Waals surface area contributed by atoms with E-state index in [4.69, 9.17) is 15.5 Å². The second-order valence-electron chi connectivity index (χ2n) is 10.3. The summed E-state index contributed by atoms with van der Waals surface area (Å²) in [5.74, 6) is 0.598. The molecule has 3 aromatic heterocycles. The Kier molecular flexibility index (Phi) is 5.72. The molecule has 2 saturated heterocycles. The van der Waals surface area contributed by atoms with Crippen molar-refractivity contribution in [2.24, 2.45) is 4.99 Å². The molecule has 0 saturated carbocycles. The Balaban J connectivity index is 1.13. The van der Waals surface area contributed by atoms with E-state index in [2.05, 4.69) is 25.3 Å². The van der Waals surface area contributed by atoms with Gasteiger partial charge in [0.15, 0.2) is 17.2 Å². The van der Waals surface area contributed by atoms with Crippen LogP contribution < -0.4 is 15.4 Å². The zero-order valence-corrected chi connectivity index (χ0v) is 21.7. The van der Waals surface area contributed by atoms with Crippen LogP contribution in [0, 0.1) is 5.82 Å². The molecule has 1 unspecified atom stereocenters. The van der Waals surface area contributed by atoms with Gasteiger partial charge in [0.1, 0.15) is 24.5 Å². The molecule has 40 heavy (non-hydrogen) atoms. The number of nitrogens with two attached hydrogens (primary N) is 1. The molecular formula is C27H27FN10O2. The smallest absolute Gasteiger partial charge is 0.291 e. The van der Waals surface area contributed by atoms with Crippen molar-refractivity contribution >= 4 is 28.8 Å². The summed E-state index contributed by atoms with van der Waals surface area (Å²) in [5, 5.41) is 11.0. The van der Waals surface area contributed by atoms with Gasteiger partial charge in [-0.05, 0) is 50.0 Å². The molecule has 0 aliphatic carbocycles. The van der Waals surface area contributed by atoms with E-state index < -0.39 is 5.82 Å². The number of nitrogens with zero attached hydrogens (tertiary/aromatic N) is 8. The van der Waals surface area contributed by atoms with E-state index in [0.29, 0.717) is 29.4 Å². The minimum absolute atomic E-state index is 0.0985. The highest BCUT2D eigenvalue weighted by atomic mass is 19.1. The summed E-state index contributed by atoms with van der Waals surface area (Å²) in [6, 6.07) is 6.91. The van der Waals surface area contributed by atoms with Crippen LogP contribution in [-0.2, 0) is 0 Å². The molecule has 6 heterocycles. The number of hydrogen-bond acceptors (Lipinski definition) is 9. The molecule has 1 amide bonds. The summed E-state index contributed by atoms with van der Waals surface area (Å²) in [5.41, 5.74) is 10.1. The minimum atomic E-state index is -0.435. The molecule has 3 atom stereocenters. The molecule has 204 valence electrons. The molecule has 13 heteroatoms. The molecule has 2 bridgehead atoms. The quantitative estimate of drug-likeness (QED) is 0.392. The number of carbonyl (C=O) groups excluding carboxylic acids is 1. The average molecular weight is 543 g/mol. The topological polar surface area (TPSA) is 143 Å². The maximum Gasteiger partial charge on any atom is 0.291 e. The number of allylic oxidation sites excluding steroid dienone is 1. The van der Waals surface area contributed by atoms with Crippen LogP contribution in [0.25, 0.3) is 5.65 Å². The van der Waals surface area contributed by atoms with Crippen molar-refractivity contribution in [2.75, 3.05) is 24.4 Å². The predicted molar refractivity (Wildman–Crippen MR) is 145 cm³/mol. The van der Waals surface area contributed by atoms with Crippen LogP contribution in [-0.4, -0.2) is 72.2 Å². The number of halogens is 1. The third-order valence-corrected chi connectivity index (χ3v) is 8.07. The van der Waals surface area contributed by atoms with Crippen LogP contribution in [0.3, 0.4) is 0 Å². The maximum absolute atomic E-state index is 14.2. The van der Waals surface area contributed by atoms with Crippen LogP contribution in [0.15, 0.2) is 54.1 Å². The van der Waals surface area contributed by atoms with Crippen molar-refractivity contribution in [1.29, 1.82) is 0 Å². The number of aliphatic imine (C=N–C) groups is 1. The van der Waals surface area contributed by atoms with Gasteiger partial charge in [-0.2, -0.15) is 14.7 Å². The normalized spacial score (nSPS) is 22.1. The molecule has 3 aliphatic heterocycles. The fraction of sp³-hybridized carbons (Fsp3) is 0.333. The number of rotatable bonds is 5. The maximum atomic E-state index is 14.2. The number of amides is 1. The number of anilines is 2. The van der Waals surface area contributed by atoms with Gasteiger partial charge in [-0.3, -0.25) is 14.9 Å². The van der Waals surface area contributed by atoms with Crippen molar-refractivity contribution in [3.05, 3.63) is 72.0 Å². The Labute approximate surface area is 228 Å². The Morgan fingerprint density at radius 1 is 1.20 bits per heavy atom. The second-order valence-corrected chi connectivity index (χ2v) is 10.3. The van der Waals surface area contributed by atoms with Gasteiger partial charge < -0.3 is 20.3 Å². The number of aromatic amines is 1. The number of nitrogens with one attached hydrogen (secondary N) is 1. The van der Waals surface area contributed by atoms with E-state index in [1.807, 2.05) is 28.1 Å². The number of fused-ring (bicyclic) bond motifs is 3. The molecule has 4 aromatic rings. The van der Waals surface area contributed by atoms with Crippen LogP contribution in [0.4, 0.5) is 15.9 Å². The predicted octanol–water partition coefficient (Wildman–Crippen LogP) is 2.91. The monoisotopic (exact) mass is 542 g/mol. The molecule has 0 spiro atoms. The number of carbonyl (C=O) groups is 1. The first-order valence-corrected chi connectivity index (χ1v) is 13.2. The van der Waals surface area contributed by atoms with Crippen LogP contribution >= 0.6 is 0 Å². The first-order chi connectivity index (χ1) is 19.5. The number of methoxy groups -OCH3 is 1.